The topological polar surface area (TPSA) is 63.6 Å². The van der Waals surface area contributed by atoms with Crippen molar-refractivity contribution in [1.29, 1.82) is 0 Å². The van der Waals surface area contributed by atoms with E-state index >= 15 is 0 Å². The van der Waals surface area contributed by atoms with Crippen molar-refractivity contribution in [2.24, 2.45) is 0 Å². The van der Waals surface area contributed by atoms with Crippen molar-refractivity contribution < 1.29 is 0 Å². The average molecular weight is 265 g/mol. The number of hydrogen-bond donors (Lipinski definition) is 1. The molecule has 0 aliphatic heterocycles. The fourth-order valence-corrected chi connectivity index (χ4v) is 2.09. The molecule has 0 radical (unpaired) electrons. The first-order valence-electron chi connectivity index (χ1n) is 6.44. The van der Waals surface area contributed by atoms with Gasteiger partial charge < -0.3 is 5.32 Å². The molecule has 2 aromatic heterocycles. The maximum Gasteiger partial charge on any atom is 0.228 e. The number of aryl methyl sites for hydroxylation is 3. The summed E-state index contributed by atoms with van der Waals surface area (Å²) in [6.45, 7) is 5.81. The standard InChI is InChI=1S/C15H15N5/c1-9-8-10(2)17-15(16-9)20-14-11(3)18-12-6-4-5-7-13(12)19-14/h4-8H,1-3H3,(H,16,17,19,20). The van der Waals surface area contributed by atoms with Crippen LogP contribution in [0.25, 0.3) is 11.0 Å². The van der Waals surface area contributed by atoms with Gasteiger partial charge >= 0.3 is 0 Å². The Morgan fingerprint density at radius 2 is 1.40 bits per heavy atom. The van der Waals surface area contributed by atoms with Gasteiger partial charge in [-0.3, -0.25) is 0 Å². The van der Waals surface area contributed by atoms with Crippen LogP contribution in [0.4, 0.5) is 11.8 Å². The number of nitrogens with zero attached hydrogens (tertiary/aromatic N) is 4. The summed E-state index contributed by atoms with van der Waals surface area (Å²) >= 11 is 0. The minimum absolute atomic E-state index is 0.551. The van der Waals surface area contributed by atoms with Crippen molar-refractivity contribution in [3.8, 4) is 0 Å². The van der Waals surface area contributed by atoms with Crippen molar-refractivity contribution in [2.75, 3.05) is 5.32 Å². The summed E-state index contributed by atoms with van der Waals surface area (Å²) in [5.41, 5.74) is 4.41. The van der Waals surface area contributed by atoms with Crippen LogP contribution in [0.2, 0.25) is 0 Å². The van der Waals surface area contributed by atoms with E-state index in [1.807, 2.05) is 51.1 Å². The number of rotatable bonds is 2. The molecular formula is C15H15N5. The lowest BCUT2D eigenvalue weighted by Gasteiger charge is -2.09. The van der Waals surface area contributed by atoms with Crippen molar-refractivity contribution >= 4 is 22.8 Å². The first-order valence-corrected chi connectivity index (χ1v) is 6.44. The fourth-order valence-electron chi connectivity index (χ4n) is 2.09. The lowest BCUT2D eigenvalue weighted by molar-refractivity contribution is 1.05. The van der Waals surface area contributed by atoms with E-state index < -0.39 is 0 Å². The van der Waals surface area contributed by atoms with E-state index in [1.54, 1.807) is 0 Å². The van der Waals surface area contributed by atoms with Crippen LogP contribution in [-0.2, 0) is 0 Å². The van der Waals surface area contributed by atoms with Crippen molar-refractivity contribution in [3.63, 3.8) is 0 Å². The number of benzene rings is 1. The Morgan fingerprint density at radius 1 is 0.800 bits per heavy atom. The van der Waals surface area contributed by atoms with Crippen LogP contribution in [0.3, 0.4) is 0 Å². The van der Waals surface area contributed by atoms with Crippen molar-refractivity contribution in [3.05, 3.63) is 47.4 Å². The summed E-state index contributed by atoms with van der Waals surface area (Å²) in [4.78, 5) is 17.8. The van der Waals surface area contributed by atoms with Gasteiger partial charge in [-0.05, 0) is 39.0 Å². The van der Waals surface area contributed by atoms with Crippen LogP contribution in [0.5, 0.6) is 0 Å². The predicted octanol–water partition coefficient (Wildman–Crippen LogP) is 3.09. The Kier molecular flexibility index (Phi) is 3.02. The van der Waals surface area contributed by atoms with Gasteiger partial charge in [0.15, 0.2) is 5.82 Å². The highest BCUT2D eigenvalue weighted by atomic mass is 15.1. The average Bonchev–Trinajstić information content (AvgIpc) is 2.38. The van der Waals surface area contributed by atoms with Crippen molar-refractivity contribution in [2.45, 2.75) is 20.8 Å². The van der Waals surface area contributed by atoms with Crippen LogP contribution in [0.1, 0.15) is 17.1 Å². The maximum absolute atomic E-state index is 4.58. The molecule has 0 aliphatic carbocycles. The van der Waals surface area contributed by atoms with Crippen LogP contribution in [0, 0.1) is 20.8 Å². The van der Waals surface area contributed by atoms with E-state index in [9.17, 15) is 0 Å². The Hall–Kier alpha value is -2.56. The molecule has 1 N–H and O–H groups in total. The van der Waals surface area contributed by atoms with Gasteiger partial charge in [0.1, 0.15) is 0 Å². The summed E-state index contributed by atoms with van der Waals surface area (Å²) in [6.07, 6.45) is 0. The summed E-state index contributed by atoms with van der Waals surface area (Å²) in [5.74, 6) is 1.24. The Bertz CT molecular complexity index is 762. The zero-order chi connectivity index (χ0) is 14.1. The molecule has 0 amide bonds. The van der Waals surface area contributed by atoms with E-state index in [0.717, 1.165) is 28.1 Å². The molecule has 3 aromatic rings. The van der Waals surface area contributed by atoms with E-state index in [1.165, 1.54) is 0 Å². The molecule has 2 heterocycles. The molecule has 0 bridgehead atoms. The third-order valence-electron chi connectivity index (χ3n) is 2.96. The Balaban J connectivity index is 2.03. The molecule has 3 rings (SSSR count). The van der Waals surface area contributed by atoms with Gasteiger partial charge in [0.05, 0.1) is 16.7 Å². The highest BCUT2D eigenvalue weighted by Gasteiger charge is 2.07. The van der Waals surface area contributed by atoms with Gasteiger partial charge in [-0.15, -0.1) is 0 Å². The zero-order valence-electron chi connectivity index (χ0n) is 11.7. The number of nitrogens with one attached hydrogen (secondary N) is 1. The molecule has 0 atom stereocenters. The molecule has 100 valence electrons. The summed E-state index contributed by atoms with van der Waals surface area (Å²) in [6, 6.07) is 9.73. The molecule has 5 nitrogen and oxygen atoms in total. The second-order valence-corrected chi connectivity index (χ2v) is 4.75. The van der Waals surface area contributed by atoms with E-state index in [-0.39, 0.29) is 0 Å². The van der Waals surface area contributed by atoms with E-state index in [0.29, 0.717) is 11.8 Å². The Morgan fingerprint density at radius 3 is 2.05 bits per heavy atom. The highest BCUT2D eigenvalue weighted by Crippen LogP contribution is 2.18. The van der Waals surface area contributed by atoms with E-state index in [4.69, 9.17) is 0 Å². The smallest absolute Gasteiger partial charge is 0.228 e. The second-order valence-electron chi connectivity index (χ2n) is 4.75. The molecule has 0 unspecified atom stereocenters. The van der Waals surface area contributed by atoms with Gasteiger partial charge in [-0.1, -0.05) is 12.1 Å². The lowest BCUT2D eigenvalue weighted by Crippen LogP contribution is -2.04. The van der Waals surface area contributed by atoms with Crippen molar-refractivity contribution in [1.82, 2.24) is 19.9 Å². The molecular weight excluding hydrogens is 250 g/mol. The zero-order valence-corrected chi connectivity index (χ0v) is 11.7. The van der Waals surface area contributed by atoms with Crippen LogP contribution >= 0.6 is 0 Å². The van der Waals surface area contributed by atoms with Gasteiger partial charge in [0.2, 0.25) is 5.95 Å². The SMILES string of the molecule is Cc1cc(C)nc(Nc2nc3ccccc3nc2C)n1. The monoisotopic (exact) mass is 265 g/mol. The van der Waals surface area contributed by atoms with Gasteiger partial charge in [-0.2, -0.15) is 0 Å². The summed E-state index contributed by atoms with van der Waals surface area (Å²) in [5, 5.41) is 3.15. The highest BCUT2D eigenvalue weighted by molar-refractivity contribution is 5.76. The molecule has 0 saturated carbocycles. The molecule has 20 heavy (non-hydrogen) atoms. The molecule has 0 saturated heterocycles. The van der Waals surface area contributed by atoms with E-state index in [2.05, 4.69) is 25.3 Å². The largest absolute Gasteiger partial charge is 0.307 e. The maximum atomic E-state index is 4.58. The Labute approximate surface area is 117 Å². The molecule has 5 heteroatoms. The quantitative estimate of drug-likeness (QED) is 0.771. The van der Waals surface area contributed by atoms with Gasteiger partial charge in [-0.25, -0.2) is 19.9 Å². The molecule has 0 aliphatic rings. The van der Waals surface area contributed by atoms with Crippen LogP contribution in [-0.4, -0.2) is 19.9 Å². The van der Waals surface area contributed by atoms with Crippen LogP contribution in [0.15, 0.2) is 30.3 Å². The summed E-state index contributed by atoms with van der Waals surface area (Å²) < 4.78 is 0. The molecule has 0 spiro atoms. The first-order chi connectivity index (χ1) is 9.61. The minimum Gasteiger partial charge on any atom is -0.307 e. The van der Waals surface area contributed by atoms with Crippen LogP contribution < -0.4 is 5.32 Å². The van der Waals surface area contributed by atoms with Gasteiger partial charge in [0, 0.05) is 11.4 Å². The third-order valence-corrected chi connectivity index (χ3v) is 2.96. The first kappa shape index (κ1) is 12.5. The summed E-state index contributed by atoms with van der Waals surface area (Å²) in [7, 11) is 0. The lowest BCUT2D eigenvalue weighted by atomic mass is 10.3. The second kappa shape index (κ2) is 4.85. The number of para-hydroxylation sites is 2. The minimum atomic E-state index is 0.551. The van der Waals surface area contributed by atoms with Gasteiger partial charge in [0.25, 0.3) is 0 Å². The number of hydrogen-bond acceptors (Lipinski definition) is 5. The number of anilines is 2. The molecule has 0 fully saturated rings. The normalized spacial score (nSPS) is 10.8. The number of fused-ring (bicyclic) bond motifs is 1. The third kappa shape index (κ3) is 2.42. The fraction of sp³-hybridized carbons (Fsp3) is 0.200. The predicted molar refractivity (Wildman–Crippen MR) is 79.1 cm³/mol. The number of aromatic nitrogens is 4. The molecule has 1 aromatic carbocycles.